The van der Waals surface area contributed by atoms with Crippen LogP contribution in [0.5, 0.6) is 5.75 Å². The molecular weight excluding hydrogens is 422 g/mol. The molecule has 1 aromatic carbocycles. The molecule has 1 aliphatic rings. The molecule has 2 aromatic rings. The van der Waals surface area contributed by atoms with Gasteiger partial charge in [0.15, 0.2) is 5.11 Å². The zero-order valence-electron chi connectivity index (χ0n) is 17.2. The van der Waals surface area contributed by atoms with Gasteiger partial charge >= 0.3 is 0 Å². The van der Waals surface area contributed by atoms with Crippen LogP contribution in [0.3, 0.4) is 0 Å². The molecule has 0 unspecified atom stereocenters. The number of thiophene rings is 1. The van der Waals surface area contributed by atoms with E-state index in [1.807, 2.05) is 19.1 Å². The summed E-state index contributed by atoms with van der Waals surface area (Å²) in [5.41, 5.74) is 1.84. The van der Waals surface area contributed by atoms with Crippen LogP contribution in [0.2, 0.25) is 5.02 Å². The smallest absolute Gasteiger partial charge is 0.173 e. The van der Waals surface area contributed by atoms with E-state index in [-0.39, 0.29) is 0 Å². The molecule has 1 N–H and O–H groups in total. The fraction of sp³-hybridized carbons (Fsp3) is 0.500. The van der Waals surface area contributed by atoms with Gasteiger partial charge in [0.05, 0.1) is 19.3 Å². The van der Waals surface area contributed by atoms with E-state index < -0.39 is 0 Å². The molecule has 1 aromatic heterocycles. The van der Waals surface area contributed by atoms with Gasteiger partial charge in [0.2, 0.25) is 0 Å². The fourth-order valence-corrected chi connectivity index (χ4v) is 4.73. The molecule has 158 valence electrons. The van der Waals surface area contributed by atoms with Gasteiger partial charge in [-0.25, -0.2) is 0 Å². The van der Waals surface area contributed by atoms with Gasteiger partial charge in [-0.1, -0.05) is 30.5 Å². The molecule has 2 heterocycles. The predicted octanol–water partition coefficient (Wildman–Crippen LogP) is 5.79. The standard InChI is InChI=1S/C22H30ClN3OS2/c1-17-14-20(21(27-2)15-19(17)23)24-22(28)26(16-18-8-7-13-29-18)12-11-25-9-5-3-4-6-10-25/h7-8,13-15H,3-6,9-12,16H2,1-2H3,(H,24,28). The summed E-state index contributed by atoms with van der Waals surface area (Å²) in [6.45, 7) is 7.11. The molecular formula is C22H30ClN3OS2. The molecule has 0 atom stereocenters. The van der Waals surface area contributed by atoms with Gasteiger partial charge in [0.25, 0.3) is 0 Å². The maximum Gasteiger partial charge on any atom is 0.173 e. The number of likely N-dealkylation sites (tertiary alicyclic amines) is 1. The van der Waals surface area contributed by atoms with Crippen LogP contribution in [0.4, 0.5) is 5.69 Å². The van der Waals surface area contributed by atoms with E-state index in [4.69, 9.17) is 28.6 Å². The van der Waals surface area contributed by atoms with Crippen LogP contribution in [-0.4, -0.2) is 48.2 Å². The summed E-state index contributed by atoms with van der Waals surface area (Å²) in [5.74, 6) is 0.701. The number of rotatable bonds is 7. The summed E-state index contributed by atoms with van der Waals surface area (Å²) < 4.78 is 5.51. The van der Waals surface area contributed by atoms with Crippen molar-refractivity contribution < 1.29 is 4.74 Å². The summed E-state index contributed by atoms with van der Waals surface area (Å²) in [6.07, 6.45) is 5.31. The van der Waals surface area contributed by atoms with Crippen LogP contribution >= 0.6 is 35.2 Å². The average Bonchev–Trinajstić information content (AvgIpc) is 3.08. The third-order valence-electron chi connectivity index (χ3n) is 5.32. The third-order valence-corrected chi connectivity index (χ3v) is 6.95. The predicted molar refractivity (Wildman–Crippen MR) is 129 cm³/mol. The van der Waals surface area contributed by atoms with Crippen molar-refractivity contribution in [3.8, 4) is 5.75 Å². The molecule has 0 aliphatic carbocycles. The molecule has 1 fully saturated rings. The highest BCUT2D eigenvalue weighted by Crippen LogP contribution is 2.31. The summed E-state index contributed by atoms with van der Waals surface area (Å²) in [7, 11) is 1.65. The minimum atomic E-state index is 0.690. The second-order valence-electron chi connectivity index (χ2n) is 7.49. The second kappa shape index (κ2) is 11.2. The van der Waals surface area contributed by atoms with Crippen molar-refractivity contribution >= 4 is 46.0 Å². The lowest BCUT2D eigenvalue weighted by Gasteiger charge is -2.29. The van der Waals surface area contributed by atoms with Gasteiger partial charge in [-0.05, 0) is 68.1 Å². The highest BCUT2D eigenvalue weighted by molar-refractivity contribution is 7.80. The lowest BCUT2D eigenvalue weighted by atomic mass is 10.2. The lowest BCUT2D eigenvalue weighted by Crippen LogP contribution is -2.40. The minimum Gasteiger partial charge on any atom is -0.495 e. The number of hydrogen-bond acceptors (Lipinski definition) is 4. The first-order valence-electron chi connectivity index (χ1n) is 10.2. The number of hydrogen-bond donors (Lipinski definition) is 1. The fourth-order valence-electron chi connectivity index (χ4n) is 3.59. The molecule has 0 radical (unpaired) electrons. The van der Waals surface area contributed by atoms with Crippen LogP contribution in [0, 0.1) is 6.92 Å². The Bertz CT molecular complexity index is 790. The molecule has 1 aliphatic heterocycles. The van der Waals surface area contributed by atoms with Gasteiger partial charge in [0.1, 0.15) is 5.75 Å². The van der Waals surface area contributed by atoms with E-state index in [0.717, 1.165) is 30.9 Å². The van der Waals surface area contributed by atoms with E-state index in [1.165, 1.54) is 43.6 Å². The summed E-state index contributed by atoms with van der Waals surface area (Å²) in [4.78, 5) is 6.14. The topological polar surface area (TPSA) is 27.7 Å². The average molecular weight is 452 g/mol. The van der Waals surface area contributed by atoms with Crippen LogP contribution < -0.4 is 10.1 Å². The maximum atomic E-state index is 6.25. The minimum absolute atomic E-state index is 0.690. The van der Waals surface area contributed by atoms with Crippen LogP contribution in [-0.2, 0) is 6.54 Å². The Labute approximate surface area is 188 Å². The number of benzene rings is 1. The number of anilines is 1. The summed E-state index contributed by atoms with van der Waals surface area (Å²) >= 11 is 13.8. The molecule has 3 rings (SSSR count). The molecule has 4 nitrogen and oxygen atoms in total. The first-order valence-corrected chi connectivity index (χ1v) is 11.9. The SMILES string of the molecule is COc1cc(Cl)c(C)cc1NC(=S)N(CCN1CCCCCC1)Cc1cccs1. The van der Waals surface area contributed by atoms with E-state index in [1.54, 1.807) is 18.4 Å². The van der Waals surface area contributed by atoms with Gasteiger partial charge in [-0.15, -0.1) is 11.3 Å². The van der Waals surface area contributed by atoms with Crippen molar-refractivity contribution in [2.45, 2.75) is 39.2 Å². The van der Waals surface area contributed by atoms with Gasteiger partial charge in [0, 0.05) is 29.1 Å². The number of nitrogens with zero attached hydrogens (tertiary/aromatic N) is 2. The molecule has 0 amide bonds. The Kier molecular flexibility index (Phi) is 8.60. The third kappa shape index (κ3) is 6.57. The largest absolute Gasteiger partial charge is 0.495 e. The molecule has 0 bridgehead atoms. The van der Waals surface area contributed by atoms with E-state index in [9.17, 15) is 0 Å². The zero-order chi connectivity index (χ0) is 20.6. The van der Waals surface area contributed by atoms with Crippen molar-refractivity contribution in [3.05, 3.63) is 45.1 Å². The first-order chi connectivity index (χ1) is 14.1. The Morgan fingerprint density at radius 2 is 2.03 bits per heavy atom. The Hall–Kier alpha value is -1.34. The molecule has 0 spiro atoms. The van der Waals surface area contributed by atoms with E-state index in [0.29, 0.717) is 15.9 Å². The number of halogens is 1. The lowest BCUT2D eigenvalue weighted by molar-refractivity contribution is 0.253. The number of ether oxygens (including phenoxy) is 1. The molecule has 7 heteroatoms. The monoisotopic (exact) mass is 451 g/mol. The van der Waals surface area contributed by atoms with Crippen LogP contribution in [0.1, 0.15) is 36.1 Å². The van der Waals surface area contributed by atoms with Gasteiger partial charge < -0.3 is 19.9 Å². The van der Waals surface area contributed by atoms with Crippen LogP contribution in [0.15, 0.2) is 29.6 Å². The van der Waals surface area contributed by atoms with E-state index >= 15 is 0 Å². The maximum absolute atomic E-state index is 6.25. The van der Waals surface area contributed by atoms with Gasteiger partial charge in [-0.2, -0.15) is 0 Å². The highest BCUT2D eigenvalue weighted by Gasteiger charge is 2.17. The van der Waals surface area contributed by atoms with Gasteiger partial charge in [-0.3, -0.25) is 0 Å². The van der Waals surface area contributed by atoms with E-state index in [2.05, 4.69) is 32.6 Å². The van der Waals surface area contributed by atoms with Crippen LogP contribution in [0.25, 0.3) is 0 Å². The Morgan fingerprint density at radius 3 is 2.69 bits per heavy atom. The second-order valence-corrected chi connectivity index (χ2v) is 9.31. The zero-order valence-corrected chi connectivity index (χ0v) is 19.6. The summed E-state index contributed by atoms with van der Waals surface area (Å²) in [5, 5.41) is 6.92. The number of methoxy groups -OCH3 is 1. The Balaban J connectivity index is 1.70. The Morgan fingerprint density at radius 1 is 1.28 bits per heavy atom. The molecule has 29 heavy (non-hydrogen) atoms. The molecule has 1 saturated heterocycles. The highest BCUT2D eigenvalue weighted by atomic mass is 35.5. The number of nitrogens with one attached hydrogen (secondary N) is 1. The first kappa shape index (κ1) is 22.3. The van der Waals surface area contributed by atoms with Crippen molar-refractivity contribution in [1.29, 1.82) is 0 Å². The van der Waals surface area contributed by atoms with Crippen molar-refractivity contribution in [3.63, 3.8) is 0 Å². The number of aryl methyl sites for hydroxylation is 1. The molecule has 0 saturated carbocycles. The quantitative estimate of drug-likeness (QED) is 0.537. The number of thiocarbonyl (C=S) groups is 1. The van der Waals surface area contributed by atoms with Crippen molar-refractivity contribution in [2.75, 3.05) is 38.6 Å². The van der Waals surface area contributed by atoms with Crippen molar-refractivity contribution in [1.82, 2.24) is 9.80 Å². The summed E-state index contributed by atoms with van der Waals surface area (Å²) in [6, 6.07) is 8.09. The normalized spacial score (nSPS) is 15.0. The van der Waals surface area contributed by atoms with Crippen molar-refractivity contribution in [2.24, 2.45) is 0 Å².